The lowest BCUT2D eigenvalue weighted by Crippen LogP contribution is -2.31. The maximum Gasteiger partial charge on any atom is 0.311 e. The van der Waals surface area contributed by atoms with E-state index in [4.69, 9.17) is 4.74 Å². The van der Waals surface area contributed by atoms with Gasteiger partial charge in [0.25, 0.3) is 0 Å². The fraction of sp³-hybridized carbons (Fsp3) is 0.529. The maximum atomic E-state index is 13.9. The second kappa shape index (κ2) is 6.07. The van der Waals surface area contributed by atoms with E-state index in [9.17, 15) is 14.0 Å². The summed E-state index contributed by atoms with van der Waals surface area (Å²) in [5.41, 5.74) is 0.124. The normalized spacial score (nSPS) is 18.4. The summed E-state index contributed by atoms with van der Waals surface area (Å²) in [6.45, 7) is 7.89. The first-order valence-corrected chi connectivity index (χ1v) is 7.46. The minimum Gasteiger partial charge on any atom is -0.460 e. The van der Waals surface area contributed by atoms with E-state index >= 15 is 0 Å². The van der Waals surface area contributed by atoms with Crippen molar-refractivity contribution in [2.24, 2.45) is 5.92 Å². The molecular weight excluding hydrogens is 285 g/mol. The van der Waals surface area contributed by atoms with Crippen LogP contribution in [-0.4, -0.2) is 30.4 Å². The highest BCUT2D eigenvalue weighted by Crippen LogP contribution is 2.30. The number of hydrogen-bond donors (Lipinski definition) is 0. The summed E-state index contributed by atoms with van der Waals surface area (Å²) >= 11 is 0. The van der Waals surface area contributed by atoms with Gasteiger partial charge in [-0.15, -0.1) is 0 Å². The van der Waals surface area contributed by atoms with Crippen LogP contribution in [0.3, 0.4) is 0 Å². The Kier molecular flexibility index (Phi) is 4.54. The molecule has 0 N–H and O–H groups in total. The van der Waals surface area contributed by atoms with E-state index in [1.807, 2.05) is 25.7 Å². The van der Waals surface area contributed by atoms with Crippen LogP contribution < -0.4 is 4.90 Å². The summed E-state index contributed by atoms with van der Waals surface area (Å²) in [7, 11) is 0. The minimum absolute atomic E-state index is 0.0901. The fourth-order valence-corrected chi connectivity index (χ4v) is 2.68. The number of carbonyl (C=O) groups is 2. The Balaban J connectivity index is 2.16. The number of anilines is 1. The third-order valence-electron chi connectivity index (χ3n) is 3.61. The minimum atomic E-state index is -0.522. The highest BCUT2D eigenvalue weighted by atomic mass is 19.1. The lowest BCUT2D eigenvalue weighted by molar-refractivity contribution is -0.159. The average Bonchev–Trinajstić information content (AvgIpc) is 2.85. The van der Waals surface area contributed by atoms with Crippen LogP contribution in [0.25, 0.3) is 0 Å². The monoisotopic (exact) mass is 307 g/mol. The van der Waals surface area contributed by atoms with Crippen LogP contribution in [-0.2, 0) is 9.53 Å². The number of rotatable bonds is 3. The molecule has 1 aromatic carbocycles. The van der Waals surface area contributed by atoms with E-state index in [-0.39, 0.29) is 23.2 Å². The molecule has 1 aliphatic rings. The smallest absolute Gasteiger partial charge is 0.311 e. The molecule has 0 unspecified atom stereocenters. The Morgan fingerprint density at radius 3 is 2.59 bits per heavy atom. The first-order valence-electron chi connectivity index (χ1n) is 7.46. The fourth-order valence-electron chi connectivity index (χ4n) is 2.68. The SMILES string of the molecule is CC(=O)c1c(F)cccc1N1CC[C@H](C(=O)OC(C)(C)C)C1. The number of carbonyl (C=O) groups excluding carboxylic acids is 2. The first-order chi connectivity index (χ1) is 10.2. The van der Waals surface area contributed by atoms with Crippen molar-refractivity contribution in [3.05, 3.63) is 29.6 Å². The molecule has 1 heterocycles. The number of esters is 1. The van der Waals surface area contributed by atoms with Crippen LogP contribution in [0.2, 0.25) is 0 Å². The summed E-state index contributed by atoms with van der Waals surface area (Å²) < 4.78 is 19.3. The van der Waals surface area contributed by atoms with Crippen LogP contribution >= 0.6 is 0 Å². The van der Waals surface area contributed by atoms with Gasteiger partial charge in [0.15, 0.2) is 5.78 Å². The summed E-state index contributed by atoms with van der Waals surface area (Å²) in [4.78, 5) is 25.7. The largest absolute Gasteiger partial charge is 0.460 e. The third kappa shape index (κ3) is 3.64. The average molecular weight is 307 g/mol. The molecule has 0 radical (unpaired) electrons. The zero-order chi connectivity index (χ0) is 16.5. The number of benzene rings is 1. The Morgan fingerprint density at radius 2 is 2.00 bits per heavy atom. The second-order valence-corrected chi connectivity index (χ2v) is 6.66. The lowest BCUT2D eigenvalue weighted by atomic mass is 10.1. The molecule has 1 fully saturated rings. The van der Waals surface area contributed by atoms with Gasteiger partial charge < -0.3 is 9.64 Å². The van der Waals surface area contributed by atoms with Crippen LogP contribution in [0, 0.1) is 11.7 Å². The molecule has 120 valence electrons. The van der Waals surface area contributed by atoms with Crippen molar-refractivity contribution in [2.45, 2.75) is 39.7 Å². The van der Waals surface area contributed by atoms with E-state index in [1.165, 1.54) is 13.0 Å². The van der Waals surface area contributed by atoms with Crippen molar-refractivity contribution < 1.29 is 18.7 Å². The van der Waals surface area contributed by atoms with Gasteiger partial charge in [-0.05, 0) is 46.2 Å². The molecule has 0 spiro atoms. The zero-order valence-corrected chi connectivity index (χ0v) is 13.5. The maximum absolute atomic E-state index is 13.9. The first kappa shape index (κ1) is 16.5. The Morgan fingerprint density at radius 1 is 1.32 bits per heavy atom. The molecule has 2 rings (SSSR count). The van der Waals surface area contributed by atoms with Crippen molar-refractivity contribution in [1.29, 1.82) is 0 Å². The molecule has 0 bridgehead atoms. The molecule has 1 aliphatic heterocycles. The van der Waals surface area contributed by atoms with Crippen molar-refractivity contribution in [1.82, 2.24) is 0 Å². The number of ether oxygens (including phenoxy) is 1. The number of ketones is 1. The van der Waals surface area contributed by atoms with Gasteiger partial charge in [0.05, 0.1) is 17.2 Å². The highest BCUT2D eigenvalue weighted by Gasteiger charge is 2.33. The standard InChI is InChI=1S/C17H22FNO3/c1-11(20)15-13(18)6-5-7-14(15)19-9-8-12(10-19)16(21)22-17(2,3)4/h5-7,12H,8-10H2,1-4H3/t12-/m0/s1. The van der Waals surface area contributed by atoms with Crippen molar-refractivity contribution in [3.8, 4) is 0 Å². The van der Waals surface area contributed by atoms with Crippen molar-refractivity contribution >= 4 is 17.4 Å². The van der Waals surface area contributed by atoms with Crippen molar-refractivity contribution in [2.75, 3.05) is 18.0 Å². The van der Waals surface area contributed by atoms with Gasteiger partial charge in [0.1, 0.15) is 11.4 Å². The highest BCUT2D eigenvalue weighted by molar-refractivity contribution is 6.00. The zero-order valence-electron chi connectivity index (χ0n) is 13.5. The van der Waals surface area contributed by atoms with Crippen LogP contribution in [0.5, 0.6) is 0 Å². The number of halogens is 1. The number of Topliss-reactive ketones (excluding diaryl/α,β-unsaturated/α-hetero) is 1. The Bertz CT molecular complexity index is 592. The summed E-state index contributed by atoms with van der Waals surface area (Å²) in [6, 6.07) is 4.58. The summed E-state index contributed by atoms with van der Waals surface area (Å²) in [5, 5.41) is 0. The van der Waals surface area contributed by atoms with Crippen LogP contribution in [0.4, 0.5) is 10.1 Å². The topological polar surface area (TPSA) is 46.6 Å². The Labute approximate surface area is 130 Å². The molecular formula is C17H22FNO3. The van der Waals surface area contributed by atoms with E-state index in [2.05, 4.69) is 0 Å². The molecule has 0 aliphatic carbocycles. The third-order valence-corrected chi connectivity index (χ3v) is 3.61. The number of hydrogen-bond acceptors (Lipinski definition) is 4. The summed E-state index contributed by atoms with van der Waals surface area (Å²) in [6.07, 6.45) is 0.642. The molecule has 5 heteroatoms. The van der Waals surface area contributed by atoms with Gasteiger partial charge in [0.2, 0.25) is 0 Å². The number of nitrogens with zero attached hydrogens (tertiary/aromatic N) is 1. The Hall–Kier alpha value is -1.91. The van der Waals surface area contributed by atoms with Crippen LogP contribution in [0.1, 0.15) is 44.5 Å². The predicted molar refractivity (Wildman–Crippen MR) is 82.6 cm³/mol. The van der Waals surface area contributed by atoms with Crippen LogP contribution in [0.15, 0.2) is 18.2 Å². The molecule has 1 atom stereocenters. The molecule has 4 nitrogen and oxygen atoms in total. The molecule has 0 aromatic heterocycles. The molecule has 1 aromatic rings. The van der Waals surface area contributed by atoms with Gasteiger partial charge in [-0.25, -0.2) is 4.39 Å². The van der Waals surface area contributed by atoms with E-state index < -0.39 is 11.4 Å². The van der Waals surface area contributed by atoms with Gasteiger partial charge >= 0.3 is 5.97 Å². The van der Waals surface area contributed by atoms with Gasteiger partial charge in [-0.1, -0.05) is 6.07 Å². The molecule has 0 amide bonds. The predicted octanol–water partition coefficient (Wildman–Crippen LogP) is 3.20. The van der Waals surface area contributed by atoms with Gasteiger partial charge in [-0.2, -0.15) is 0 Å². The van der Waals surface area contributed by atoms with Gasteiger partial charge in [-0.3, -0.25) is 9.59 Å². The quantitative estimate of drug-likeness (QED) is 0.635. The molecule has 1 saturated heterocycles. The van der Waals surface area contributed by atoms with Crippen molar-refractivity contribution in [3.63, 3.8) is 0 Å². The van der Waals surface area contributed by atoms with Gasteiger partial charge in [0, 0.05) is 13.1 Å². The molecule has 22 heavy (non-hydrogen) atoms. The van der Waals surface area contributed by atoms with E-state index in [0.29, 0.717) is 25.2 Å². The van der Waals surface area contributed by atoms with E-state index in [0.717, 1.165) is 0 Å². The second-order valence-electron chi connectivity index (χ2n) is 6.66. The molecule has 0 saturated carbocycles. The van der Waals surface area contributed by atoms with E-state index in [1.54, 1.807) is 12.1 Å². The lowest BCUT2D eigenvalue weighted by Gasteiger charge is -2.23. The summed E-state index contributed by atoms with van der Waals surface area (Å²) in [5.74, 6) is -1.32.